The number of carbonyl (C=O) groups is 1. The number of ketones is 1. The monoisotopic (exact) mass is 274 g/mol. The standard InChI is InChI=1S/C16H22N2O2/c1-2-7-18-11-4-5-12(15(20)9-11)16(18)10-3-6-14(19)13(17)8-10/h3,6,8,11-12,16,19H,2,4-5,7,9,17H2,1H3. The smallest absolute Gasteiger partial charge is 0.139 e. The van der Waals surface area contributed by atoms with Gasteiger partial charge in [0.05, 0.1) is 5.69 Å². The quantitative estimate of drug-likeness (QED) is 0.656. The number of hydrogen-bond acceptors (Lipinski definition) is 4. The normalized spacial score (nSPS) is 29.9. The zero-order valence-electron chi connectivity index (χ0n) is 11.9. The number of nitrogen functional groups attached to an aromatic ring is 1. The van der Waals surface area contributed by atoms with Crippen LogP contribution in [0.5, 0.6) is 5.75 Å². The number of benzene rings is 1. The van der Waals surface area contributed by atoms with E-state index in [0.29, 0.717) is 23.9 Å². The summed E-state index contributed by atoms with van der Waals surface area (Å²) in [6, 6.07) is 5.90. The van der Waals surface area contributed by atoms with E-state index >= 15 is 0 Å². The van der Waals surface area contributed by atoms with Crippen molar-refractivity contribution in [3.63, 3.8) is 0 Å². The van der Waals surface area contributed by atoms with E-state index in [4.69, 9.17) is 5.73 Å². The number of aromatic hydroxyl groups is 1. The van der Waals surface area contributed by atoms with Crippen molar-refractivity contribution in [3.8, 4) is 5.75 Å². The highest BCUT2D eigenvalue weighted by Crippen LogP contribution is 2.46. The van der Waals surface area contributed by atoms with Gasteiger partial charge in [-0.05, 0) is 43.5 Å². The van der Waals surface area contributed by atoms with Crippen molar-refractivity contribution < 1.29 is 9.90 Å². The third-order valence-corrected chi connectivity index (χ3v) is 4.74. The van der Waals surface area contributed by atoms with Crippen molar-refractivity contribution in [1.82, 2.24) is 4.90 Å². The van der Waals surface area contributed by atoms with Crippen LogP contribution in [-0.2, 0) is 4.79 Å². The van der Waals surface area contributed by atoms with Gasteiger partial charge in [-0.1, -0.05) is 13.0 Å². The Morgan fingerprint density at radius 3 is 2.85 bits per heavy atom. The second-order valence-electron chi connectivity index (χ2n) is 6.01. The average Bonchev–Trinajstić information content (AvgIpc) is 2.43. The van der Waals surface area contributed by atoms with Crippen LogP contribution in [0, 0.1) is 5.92 Å². The Kier molecular flexibility index (Phi) is 3.42. The third-order valence-electron chi connectivity index (χ3n) is 4.74. The van der Waals surface area contributed by atoms with E-state index in [0.717, 1.165) is 31.4 Å². The fraction of sp³-hybridized carbons (Fsp3) is 0.562. The Hall–Kier alpha value is -1.55. The van der Waals surface area contributed by atoms with E-state index in [-0.39, 0.29) is 17.7 Å². The predicted molar refractivity (Wildman–Crippen MR) is 78.4 cm³/mol. The second-order valence-corrected chi connectivity index (χ2v) is 6.01. The lowest BCUT2D eigenvalue weighted by Crippen LogP contribution is -2.54. The molecule has 3 fully saturated rings. The topological polar surface area (TPSA) is 66.6 Å². The molecule has 1 aromatic rings. The first-order chi connectivity index (χ1) is 9.61. The minimum atomic E-state index is 0.0930. The van der Waals surface area contributed by atoms with E-state index in [2.05, 4.69) is 11.8 Å². The second kappa shape index (κ2) is 5.09. The molecule has 3 unspecified atom stereocenters. The number of nitrogens with two attached hydrogens (primary N) is 1. The molecule has 2 heterocycles. The number of anilines is 1. The van der Waals surface area contributed by atoms with Crippen molar-refractivity contribution in [1.29, 1.82) is 0 Å². The van der Waals surface area contributed by atoms with Gasteiger partial charge in [-0.25, -0.2) is 0 Å². The summed E-state index contributed by atoms with van der Waals surface area (Å²) in [6.45, 7) is 3.19. The number of carbonyl (C=O) groups excluding carboxylic acids is 1. The maximum Gasteiger partial charge on any atom is 0.139 e. The van der Waals surface area contributed by atoms with Gasteiger partial charge >= 0.3 is 0 Å². The summed E-state index contributed by atoms with van der Waals surface area (Å²) >= 11 is 0. The molecule has 1 aliphatic carbocycles. The molecule has 0 spiro atoms. The molecule has 0 aromatic heterocycles. The first kappa shape index (κ1) is 13.4. The average molecular weight is 274 g/mol. The lowest BCUT2D eigenvalue weighted by Gasteiger charge is -2.50. The minimum Gasteiger partial charge on any atom is -0.506 e. The molecule has 2 bridgehead atoms. The van der Waals surface area contributed by atoms with Crippen LogP contribution in [0.1, 0.15) is 44.2 Å². The van der Waals surface area contributed by atoms with Gasteiger partial charge in [-0.3, -0.25) is 9.69 Å². The van der Waals surface area contributed by atoms with Crippen LogP contribution in [-0.4, -0.2) is 28.4 Å². The fourth-order valence-electron chi connectivity index (χ4n) is 3.85. The molecular formula is C16H22N2O2. The Morgan fingerprint density at radius 1 is 1.40 bits per heavy atom. The number of nitrogens with zero attached hydrogens (tertiary/aromatic N) is 1. The highest BCUT2D eigenvalue weighted by atomic mass is 16.3. The van der Waals surface area contributed by atoms with Gasteiger partial charge in [0.2, 0.25) is 0 Å². The summed E-state index contributed by atoms with van der Waals surface area (Å²) in [5.74, 6) is 0.601. The van der Waals surface area contributed by atoms with Crippen LogP contribution < -0.4 is 5.73 Å². The molecule has 1 saturated carbocycles. The first-order valence-corrected chi connectivity index (χ1v) is 7.48. The molecule has 0 radical (unpaired) electrons. The summed E-state index contributed by atoms with van der Waals surface area (Å²) in [6.07, 6.45) is 3.89. The van der Waals surface area contributed by atoms with Crippen molar-refractivity contribution >= 4 is 11.5 Å². The fourth-order valence-corrected chi connectivity index (χ4v) is 3.85. The van der Waals surface area contributed by atoms with Gasteiger partial charge in [0.15, 0.2) is 0 Å². The van der Waals surface area contributed by atoms with E-state index in [9.17, 15) is 9.90 Å². The SMILES string of the molecule is CCCN1C2CCC(C(=O)C2)C1c1ccc(O)c(N)c1. The summed E-state index contributed by atoms with van der Waals surface area (Å²) in [7, 11) is 0. The molecule has 4 nitrogen and oxygen atoms in total. The largest absolute Gasteiger partial charge is 0.506 e. The van der Waals surface area contributed by atoms with Crippen LogP contribution in [0.15, 0.2) is 18.2 Å². The van der Waals surface area contributed by atoms with Crippen molar-refractivity contribution in [2.24, 2.45) is 5.92 Å². The van der Waals surface area contributed by atoms with E-state index in [1.165, 1.54) is 0 Å². The number of phenolic OH excluding ortho intramolecular Hbond substituents is 1. The molecule has 20 heavy (non-hydrogen) atoms. The zero-order chi connectivity index (χ0) is 14.3. The van der Waals surface area contributed by atoms with Crippen LogP contribution in [0.2, 0.25) is 0 Å². The number of phenols is 1. The molecule has 2 saturated heterocycles. The molecule has 0 amide bonds. The number of hydrogen-bond donors (Lipinski definition) is 2. The lowest BCUT2D eigenvalue weighted by molar-refractivity contribution is -0.138. The Morgan fingerprint density at radius 2 is 2.20 bits per heavy atom. The van der Waals surface area contributed by atoms with Gasteiger partial charge in [0.25, 0.3) is 0 Å². The maximum absolute atomic E-state index is 12.2. The van der Waals surface area contributed by atoms with Gasteiger partial charge in [0, 0.05) is 24.4 Å². The van der Waals surface area contributed by atoms with Crippen molar-refractivity contribution in [2.75, 3.05) is 12.3 Å². The van der Waals surface area contributed by atoms with Gasteiger partial charge < -0.3 is 10.8 Å². The predicted octanol–water partition coefficient (Wildman–Crippen LogP) is 2.48. The van der Waals surface area contributed by atoms with Gasteiger partial charge in [-0.15, -0.1) is 0 Å². The van der Waals surface area contributed by atoms with Crippen LogP contribution >= 0.6 is 0 Å². The minimum absolute atomic E-state index is 0.0930. The Labute approximate surface area is 119 Å². The molecule has 3 atom stereocenters. The number of Topliss-reactive ketones (excluding diaryl/α,β-unsaturated/α-hetero) is 1. The highest BCUT2D eigenvalue weighted by Gasteiger charge is 2.46. The van der Waals surface area contributed by atoms with Gasteiger partial charge in [0.1, 0.15) is 11.5 Å². The van der Waals surface area contributed by atoms with Crippen LogP contribution in [0.4, 0.5) is 5.69 Å². The molecule has 108 valence electrons. The molecule has 3 N–H and O–H groups in total. The summed E-state index contributed by atoms with van der Waals surface area (Å²) in [4.78, 5) is 14.7. The zero-order valence-corrected chi connectivity index (χ0v) is 11.9. The van der Waals surface area contributed by atoms with E-state index in [1.54, 1.807) is 6.07 Å². The third kappa shape index (κ3) is 2.08. The molecule has 1 aromatic carbocycles. The summed E-state index contributed by atoms with van der Waals surface area (Å²) in [5.41, 5.74) is 7.29. The molecular weight excluding hydrogens is 252 g/mol. The molecule has 4 heteroatoms. The van der Waals surface area contributed by atoms with E-state index in [1.807, 2.05) is 12.1 Å². The number of piperidine rings is 2. The molecule has 2 aliphatic heterocycles. The number of rotatable bonds is 3. The lowest BCUT2D eigenvalue weighted by atomic mass is 9.71. The molecule has 3 aliphatic rings. The summed E-state index contributed by atoms with van der Waals surface area (Å²) < 4.78 is 0. The molecule has 4 rings (SSSR count). The first-order valence-electron chi connectivity index (χ1n) is 7.48. The Balaban J connectivity index is 1.98. The van der Waals surface area contributed by atoms with Crippen LogP contribution in [0.3, 0.4) is 0 Å². The van der Waals surface area contributed by atoms with E-state index < -0.39 is 0 Å². The highest BCUT2D eigenvalue weighted by molar-refractivity contribution is 5.84. The number of fused-ring (bicyclic) bond motifs is 3. The summed E-state index contributed by atoms with van der Waals surface area (Å²) in [5, 5.41) is 9.59. The van der Waals surface area contributed by atoms with Crippen molar-refractivity contribution in [3.05, 3.63) is 23.8 Å². The van der Waals surface area contributed by atoms with Crippen molar-refractivity contribution in [2.45, 2.75) is 44.7 Å². The van der Waals surface area contributed by atoms with Crippen LogP contribution in [0.25, 0.3) is 0 Å². The van der Waals surface area contributed by atoms with Gasteiger partial charge in [-0.2, -0.15) is 0 Å². The Bertz CT molecular complexity index is 529. The maximum atomic E-state index is 12.2.